The Morgan fingerprint density at radius 2 is 1.85 bits per heavy atom. The zero-order chi connectivity index (χ0) is 9.90. The van der Waals surface area contributed by atoms with Crippen molar-refractivity contribution < 1.29 is 29.9 Å². The molecule has 13 heavy (non-hydrogen) atoms. The van der Waals surface area contributed by atoms with Crippen LogP contribution in [-0.4, -0.2) is 64.8 Å². The summed E-state index contributed by atoms with van der Waals surface area (Å²) in [7, 11) is 0. The molecule has 0 aromatic carbocycles. The zero-order valence-electron chi connectivity index (χ0n) is 7.09. The SMILES string of the molecule is OCC1OCOC(CO)(CO)C1O. The minimum absolute atomic E-state index is 0.163. The number of hydrogen-bond acceptors (Lipinski definition) is 6. The van der Waals surface area contributed by atoms with Crippen molar-refractivity contribution in [1.29, 1.82) is 0 Å². The fourth-order valence-corrected chi connectivity index (χ4v) is 1.23. The second kappa shape index (κ2) is 4.32. The van der Waals surface area contributed by atoms with Crippen LogP contribution in [0.1, 0.15) is 0 Å². The van der Waals surface area contributed by atoms with Crippen molar-refractivity contribution in [3.05, 3.63) is 0 Å². The summed E-state index contributed by atoms with van der Waals surface area (Å²) in [5, 5.41) is 36.2. The predicted octanol–water partition coefficient (Wildman–Crippen LogP) is -2.56. The van der Waals surface area contributed by atoms with Gasteiger partial charge in [0.15, 0.2) is 0 Å². The van der Waals surface area contributed by atoms with Crippen molar-refractivity contribution in [3.8, 4) is 0 Å². The lowest BCUT2D eigenvalue weighted by Gasteiger charge is -2.42. The Morgan fingerprint density at radius 1 is 1.23 bits per heavy atom. The molecule has 2 unspecified atom stereocenters. The first-order chi connectivity index (χ1) is 6.20. The number of ether oxygens (including phenoxy) is 2. The molecule has 1 aliphatic heterocycles. The molecular weight excluding hydrogens is 180 g/mol. The minimum Gasteiger partial charge on any atom is -0.394 e. The molecule has 1 saturated heterocycles. The summed E-state index contributed by atoms with van der Waals surface area (Å²) in [6.45, 7) is -1.59. The molecule has 0 spiro atoms. The average Bonchev–Trinajstić information content (AvgIpc) is 2.19. The molecule has 1 aliphatic rings. The fourth-order valence-electron chi connectivity index (χ4n) is 1.23. The molecule has 78 valence electrons. The lowest BCUT2D eigenvalue weighted by Crippen LogP contribution is -2.61. The Kier molecular flexibility index (Phi) is 3.60. The van der Waals surface area contributed by atoms with Gasteiger partial charge in [0, 0.05) is 0 Å². The van der Waals surface area contributed by atoms with E-state index in [1.54, 1.807) is 0 Å². The number of hydrogen-bond donors (Lipinski definition) is 4. The molecule has 1 rings (SSSR count). The van der Waals surface area contributed by atoms with E-state index in [9.17, 15) is 5.11 Å². The maximum Gasteiger partial charge on any atom is 0.148 e. The second-order valence-electron chi connectivity index (χ2n) is 2.98. The van der Waals surface area contributed by atoms with Crippen LogP contribution >= 0.6 is 0 Å². The molecule has 0 aliphatic carbocycles. The predicted molar refractivity (Wildman–Crippen MR) is 40.8 cm³/mol. The van der Waals surface area contributed by atoms with E-state index < -0.39 is 31.0 Å². The smallest absolute Gasteiger partial charge is 0.148 e. The van der Waals surface area contributed by atoms with Gasteiger partial charge in [-0.05, 0) is 0 Å². The first kappa shape index (κ1) is 10.8. The molecular formula is C7H14O6. The van der Waals surface area contributed by atoms with Crippen LogP contribution in [0, 0.1) is 0 Å². The van der Waals surface area contributed by atoms with Crippen molar-refractivity contribution in [1.82, 2.24) is 0 Å². The number of rotatable bonds is 3. The fraction of sp³-hybridized carbons (Fsp3) is 1.00. The molecule has 0 bridgehead atoms. The van der Waals surface area contributed by atoms with Crippen LogP contribution in [0.2, 0.25) is 0 Å². The lowest BCUT2D eigenvalue weighted by molar-refractivity contribution is -0.299. The Hall–Kier alpha value is -0.240. The van der Waals surface area contributed by atoms with E-state index >= 15 is 0 Å². The van der Waals surface area contributed by atoms with Gasteiger partial charge in [-0.3, -0.25) is 0 Å². The first-order valence-corrected chi connectivity index (χ1v) is 3.96. The van der Waals surface area contributed by atoms with E-state index in [0.717, 1.165) is 0 Å². The lowest BCUT2D eigenvalue weighted by atomic mass is 9.93. The summed E-state index contributed by atoms with van der Waals surface area (Å²) in [6.07, 6.45) is -2.06. The Bertz CT molecular complexity index is 157. The summed E-state index contributed by atoms with van der Waals surface area (Å²) in [6, 6.07) is 0. The van der Waals surface area contributed by atoms with Crippen LogP contribution < -0.4 is 0 Å². The highest BCUT2D eigenvalue weighted by Gasteiger charge is 2.46. The quantitative estimate of drug-likeness (QED) is 0.394. The highest BCUT2D eigenvalue weighted by molar-refractivity contribution is 4.93. The summed E-state index contributed by atoms with van der Waals surface area (Å²) >= 11 is 0. The monoisotopic (exact) mass is 194 g/mol. The van der Waals surface area contributed by atoms with E-state index in [1.165, 1.54) is 0 Å². The van der Waals surface area contributed by atoms with Gasteiger partial charge in [0.05, 0.1) is 19.8 Å². The van der Waals surface area contributed by atoms with Crippen LogP contribution in [0.5, 0.6) is 0 Å². The van der Waals surface area contributed by atoms with Crippen LogP contribution in [-0.2, 0) is 9.47 Å². The molecule has 0 saturated carbocycles. The summed E-state index contributed by atoms with van der Waals surface area (Å²) in [5.41, 5.74) is -1.42. The third kappa shape index (κ3) is 1.83. The van der Waals surface area contributed by atoms with E-state index in [2.05, 4.69) is 0 Å². The average molecular weight is 194 g/mol. The Labute approximate surface area is 75.3 Å². The summed E-state index contributed by atoms with van der Waals surface area (Å²) in [5.74, 6) is 0. The molecule has 1 heterocycles. The van der Waals surface area contributed by atoms with Gasteiger partial charge < -0.3 is 29.9 Å². The maximum absolute atomic E-state index is 9.55. The van der Waals surface area contributed by atoms with Crippen LogP contribution in [0.4, 0.5) is 0 Å². The van der Waals surface area contributed by atoms with Gasteiger partial charge in [-0.15, -0.1) is 0 Å². The summed E-state index contributed by atoms with van der Waals surface area (Å²) in [4.78, 5) is 0. The van der Waals surface area contributed by atoms with E-state index in [0.29, 0.717) is 0 Å². The zero-order valence-corrected chi connectivity index (χ0v) is 7.09. The van der Waals surface area contributed by atoms with Crippen molar-refractivity contribution in [2.24, 2.45) is 0 Å². The maximum atomic E-state index is 9.55. The van der Waals surface area contributed by atoms with Gasteiger partial charge in [0.1, 0.15) is 24.6 Å². The minimum atomic E-state index is -1.42. The third-order valence-electron chi connectivity index (χ3n) is 2.23. The number of aliphatic hydroxyl groups excluding tert-OH is 4. The number of aliphatic hydroxyl groups is 4. The normalized spacial score (nSPS) is 33.2. The molecule has 0 radical (unpaired) electrons. The largest absolute Gasteiger partial charge is 0.394 e. The van der Waals surface area contributed by atoms with Crippen molar-refractivity contribution in [3.63, 3.8) is 0 Å². The van der Waals surface area contributed by atoms with Gasteiger partial charge in [-0.1, -0.05) is 0 Å². The van der Waals surface area contributed by atoms with Gasteiger partial charge in [-0.25, -0.2) is 0 Å². The molecule has 6 nitrogen and oxygen atoms in total. The standard InChI is InChI=1S/C7H14O6/c8-1-5-6(11)7(2-9,3-10)13-4-12-5/h5-6,8-11H,1-4H2. The molecule has 4 N–H and O–H groups in total. The molecule has 1 fully saturated rings. The van der Waals surface area contributed by atoms with Crippen LogP contribution in [0.3, 0.4) is 0 Å². The summed E-state index contributed by atoms with van der Waals surface area (Å²) < 4.78 is 9.78. The van der Waals surface area contributed by atoms with Gasteiger partial charge in [0.2, 0.25) is 0 Å². The second-order valence-corrected chi connectivity index (χ2v) is 2.98. The highest BCUT2D eigenvalue weighted by atomic mass is 16.7. The Morgan fingerprint density at radius 3 is 2.31 bits per heavy atom. The molecule has 0 amide bonds. The van der Waals surface area contributed by atoms with E-state index in [-0.39, 0.29) is 13.4 Å². The molecule has 0 aromatic rings. The van der Waals surface area contributed by atoms with Gasteiger partial charge in [0.25, 0.3) is 0 Å². The van der Waals surface area contributed by atoms with Crippen molar-refractivity contribution in [2.45, 2.75) is 17.8 Å². The molecule has 2 atom stereocenters. The first-order valence-electron chi connectivity index (χ1n) is 3.96. The van der Waals surface area contributed by atoms with Crippen LogP contribution in [0.25, 0.3) is 0 Å². The molecule has 6 heteroatoms. The van der Waals surface area contributed by atoms with Crippen molar-refractivity contribution in [2.75, 3.05) is 26.6 Å². The topological polar surface area (TPSA) is 99.4 Å². The van der Waals surface area contributed by atoms with Gasteiger partial charge >= 0.3 is 0 Å². The van der Waals surface area contributed by atoms with Gasteiger partial charge in [-0.2, -0.15) is 0 Å². The highest BCUT2D eigenvalue weighted by Crippen LogP contribution is 2.24. The third-order valence-corrected chi connectivity index (χ3v) is 2.23. The van der Waals surface area contributed by atoms with Crippen LogP contribution in [0.15, 0.2) is 0 Å². The molecule has 0 aromatic heterocycles. The van der Waals surface area contributed by atoms with E-state index in [1.807, 2.05) is 0 Å². The van der Waals surface area contributed by atoms with E-state index in [4.69, 9.17) is 24.8 Å². The van der Waals surface area contributed by atoms with Crippen molar-refractivity contribution >= 4 is 0 Å². The Balaban J connectivity index is 2.72.